The van der Waals surface area contributed by atoms with Crippen LogP contribution < -0.4 is 4.90 Å². The zero-order valence-corrected chi connectivity index (χ0v) is 21.5. The number of nitrogens with zero attached hydrogens (tertiary/aromatic N) is 8. The summed E-state index contributed by atoms with van der Waals surface area (Å²) in [6.07, 6.45) is 4.52. The van der Waals surface area contributed by atoms with Crippen LogP contribution in [0.15, 0.2) is 18.3 Å². The molecule has 0 radical (unpaired) electrons. The molecule has 0 aromatic carbocycles. The second kappa shape index (κ2) is 9.53. The standard InChI is InChI=1S/C26H36N8O/c1-6-20-14-23(32(5)30-20)26(35)34-8-7-19(13-17(34)2)24-25-22(28-18(3)29-24)15-21(16-27-25)33-11-9-31(4)10-12-33/h14-17,19H,6-13H2,1-5H3. The zero-order valence-electron chi connectivity index (χ0n) is 21.5. The monoisotopic (exact) mass is 476 g/mol. The summed E-state index contributed by atoms with van der Waals surface area (Å²) in [6.45, 7) is 11.0. The fourth-order valence-corrected chi connectivity index (χ4v) is 5.44. The number of piperidine rings is 1. The van der Waals surface area contributed by atoms with Gasteiger partial charge in [0.25, 0.3) is 5.91 Å². The van der Waals surface area contributed by atoms with Gasteiger partial charge in [-0.15, -0.1) is 0 Å². The van der Waals surface area contributed by atoms with Crippen molar-refractivity contribution in [1.82, 2.24) is 34.5 Å². The van der Waals surface area contributed by atoms with Crippen LogP contribution in [0.1, 0.15) is 60.3 Å². The van der Waals surface area contributed by atoms with E-state index >= 15 is 0 Å². The van der Waals surface area contributed by atoms with Crippen LogP contribution >= 0.6 is 0 Å². The molecule has 0 bridgehead atoms. The zero-order chi connectivity index (χ0) is 24.7. The highest BCUT2D eigenvalue weighted by Crippen LogP contribution is 2.35. The Kier molecular flexibility index (Phi) is 6.44. The average Bonchev–Trinajstić information content (AvgIpc) is 3.23. The molecule has 35 heavy (non-hydrogen) atoms. The number of anilines is 1. The molecule has 186 valence electrons. The first-order chi connectivity index (χ1) is 16.8. The summed E-state index contributed by atoms with van der Waals surface area (Å²) in [5.74, 6) is 1.08. The SMILES string of the molecule is CCc1cc(C(=O)N2CCC(c3nc(C)nc4cc(N5CCN(C)CC5)cnc34)CC2C)n(C)n1. The van der Waals surface area contributed by atoms with Gasteiger partial charge in [0.15, 0.2) is 0 Å². The number of fused-ring (bicyclic) bond motifs is 1. The third-order valence-electron chi connectivity index (χ3n) is 7.56. The Hall–Kier alpha value is -3.07. The van der Waals surface area contributed by atoms with Crippen molar-refractivity contribution in [1.29, 1.82) is 0 Å². The van der Waals surface area contributed by atoms with Gasteiger partial charge in [0.05, 0.1) is 28.8 Å². The van der Waals surface area contributed by atoms with Crippen molar-refractivity contribution < 1.29 is 4.79 Å². The van der Waals surface area contributed by atoms with E-state index in [0.29, 0.717) is 12.2 Å². The number of rotatable bonds is 4. The van der Waals surface area contributed by atoms with Gasteiger partial charge in [-0.1, -0.05) is 6.92 Å². The number of hydrogen-bond acceptors (Lipinski definition) is 7. The molecule has 2 aliphatic heterocycles. The molecule has 2 fully saturated rings. The summed E-state index contributed by atoms with van der Waals surface area (Å²) >= 11 is 0. The third kappa shape index (κ3) is 4.61. The molecule has 2 aliphatic rings. The Labute approximate surface area is 207 Å². The maximum Gasteiger partial charge on any atom is 0.272 e. The van der Waals surface area contributed by atoms with E-state index in [2.05, 4.69) is 41.9 Å². The number of amides is 1. The molecular weight excluding hydrogens is 440 g/mol. The van der Waals surface area contributed by atoms with Gasteiger partial charge in [-0.2, -0.15) is 5.10 Å². The smallest absolute Gasteiger partial charge is 0.272 e. The van der Waals surface area contributed by atoms with Crippen LogP contribution in [0.25, 0.3) is 11.0 Å². The van der Waals surface area contributed by atoms with Gasteiger partial charge >= 0.3 is 0 Å². The number of pyridine rings is 1. The van der Waals surface area contributed by atoms with Crippen LogP contribution in [0.3, 0.4) is 0 Å². The van der Waals surface area contributed by atoms with Crippen LogP contribution in [-0.4, -0.2) is 86.3 Å². The summed E-state index contributed by atoms with van der Waals surface area (Å²) in [6, 6.07) is 4.20. The third-order valence-corrected chi connectivity index (χ3v) is 7.56. The Bertz CT molecular complexity index is 1230. The van der Waals surface area contributed by atoms with E-state index < -0.39 is 0 Å². The largest absolute Gasteiger partial charge is 0.368 e. The van der Waals surface area contributed by atoms with Crippen molar-refractivity contribution in [2.45, 2.75) is 52.0 Å². The van der Waals surface area contributed by atoms with E-state index in [1.165, 1.54) is 0 Å². The number of hydrogen-bond donors (Lipinski definition) is 0. The summed E-state index contributed by atoms with van der Waals surface area (Å²) < 4.78 is 1.71. The van der Waals surface area contributed by atoms with E-state index in [1.54, 1.807) is 4.68 Å². The first kappa shape index (κ1) is 23.7. The van der Waals surface area contributed by atoms with Crippen molar-refractivity contribution in [2.24, 2.45) is 7.05 Å². The number of aromatic nitrogens is 5. The molecule has 5 heterocycles. The number of likely N-dealkylation sites (N-methyl/N-ethyl adjacent to an activating group) is 1. The molecule has 9 heteroatoms. The van der Waals surface area contributed by atoms with Gasteiger partial charge in [0.1, 0.15) is 17.0 Å². The molecule has 0 N–H and O–H groups in total. The lowest BCUT2D eigenvalue weighted by molar-refractivity contribution is 0.0603. The summed E-state index contributed by atoms with van der Waals surface area (Å²) in [4.78, 5) is 34.5. The first-order valence-corrected chi connectivity index (χ1v) is 12.8. The lowest BCUT2D eigenvalue weighted by Crippen LogP contribution is -2.45. The molecule has 3 aromatic rings. The van der Waals surface area contributed by atoms with Crippen LogP contribution in [0.5, 0.6) is 0 Å². The second-order valence-electron chi connectivity index (χ2n) is 10.1. The fraction of sp³-hybridized carbons (Fsp3) is 0.577. The summed E-state index contributed by atoms with van der Waals surface area (Å²) in [7, 11) is 4.01. The molecule has 2 saturated heterocycles. The predicted octanol–water partition coefficient (Wildman–Crippen LogP) is 2.79. The molecule has 9 nitrogen and oxygen atoms in total. The van der Waals surface area contributed by atoms with Gasteiger partial charge < -0.3 is 14.7 Å². The van der Waals surface area contributed by atoms with Crippen LogP contribution in [0, 0.1) is 6.92 Å². The summed E-state index contributed by atoms with van der Waals surface area (Å²) in [5, 5.41) is 4.46. The quantitative estimate of drug-likeness (QED) is 0.573. The lowest BCUT2D eigenvalue weighted by atomic mass is 9.87. The number of likely N-dealkylation sites (tertiary alicyclic amines) is 1. The summed E-state index contributed by atoms with van der Waals surface area (Å²) in [5.41, 5.74) is 5.56. The number of carbonyl (C=O) groups is 1. The van der Waals surface area contributed by atoms with Crippen molar-refractivity contribution >= 4 is 22.6 Å². The molecule has 0 spiro atoms. The number of piperazine rings is 1. The van der Waals surface area contributed by atoms with E-state index in [-0.39, 0.29) is 17.9 Å². The van der Waals surface area contributed by atoms with Gasteiger partial charge in [-0.3, -0.25) is 14.5 Å². The molecule has 0 aliphatic carbocycles. The minimum atomic E-state index is 0.0596. The van der Waals surface area contributed by atoms with E-state index in [4.69, 9.17) is 15.0 Å². The molecular formula is C26H36N8O. The van der Waals surface area contributed by atoms with Gasteiger partial charge in [-0.25, -0.2) is 9.97 Å². The highest BCUT2D eigenvalue weighted by Gasteiger charge is 2.33. The molecule has 1 amide bonds. The highest BCUT2D eigenvalue weighted by molar-refractivity contribution is 5.93. The molecule has 5 rings (SSSR count). The van der Waals surface area contributed by atoms with Crippen molar-refractivity contribution in [3.63, 3.8) is 0 Å². The minimum Gasteiger partial charge on any atom is -0.368 e. The Balaban J connectivity index is 1.37. The van der Waals surface area contributed by atoms with Crippen LogP contribution in [0.4, 0.5) is 5.69 Å². The van der Waals surface area contributed by atoms with Gasteiger partial charge in [0.2, 0.25) is 0 Å². The Morgan fingerprint density at radius 1 is 1.09 bits per heavy atom. The van der Waals surface area contributed by atoms with Crippen molar-refractivity contribution in [2.75, 3.05) is 44.7 Å². The van der Waals surface area contributed by atoms with E-state index in [9.17, 15) is 4.79 Å². The van der Waals surface area contributed by atoms with Crippen molar-refractivity contribution in [3.05, 3.63) is 41.2 Å². The highest BCUT2D eigenvalue weighted by atomic mass is 16.2. The van der Waals surface area contributed by atoms with E-state index in [0.717, 1.165) is 79.4 Å². The maximum atomic E-state index is 13.3. The lowest BCUT2D eigenvalue weighted by Gasteiger charge is -2.37. The average molecular weight is 477 g/mol. The minimum absolute atomic E-state index is 0.0596. The normalized spacial score (nSPS) is 21.6. The van der Waals surface area contributed by atoms with Crippen LogP contribution in [0.2, 0.25) is 0 Å². The predicted molar refractivity (Wildman–Crippen MR) is 137 cm³/mol. The maximum absolute atomic E-state index is 13.3. The van der Waals surface area contributed by atoms with Crippen molar-refractivity contribution in [3.8, 4) is 0 Å². The molecule has 2 unspecified atom stereocenters. The van der Waals surface area contributed by atoms with Gasteiger partial charge in [0, 0.05) is 51.7 Å². The topological polar surface area (TPSA) is 83.3 Å². The van der Waals surface area contributed by atoms with Gasteiger partial charge in [-0.05, 0) is 52.3 Å². The Morgan fingerprint density at radius 2 is 1.86 bits per heavy atom. The van der Waals surface area contributed by atoms with E-state index in [1.807, 2.05) is 31.1 Å². The number of carbonyl (C=O) groups excluding carboxylic acids is 1. The fourth-order valence-electron chi connectivity index (χ4n) is 5.44. The molecule has 3 aromatic heterocycles. The molecule has 2 atom stereocenters. The number of aryl methyl sites for hydroxylation is 3. The Morgan fingerprint density at radius 3 is 2.54 bits per heavy atom. The first-order valence-electron chi connectivity index (χ1n) is 12.8. The molecule has 0 saturated carbocycles. The second-order valence-corrected chi connectivity index (χ2v) is 10.1. The van der Waals surface area contributed by atoms with Crippen LogP contribution in [-0.2, 0) is 13.5 Å².